The summed E-state index contributed by atoms with van der Waals surface area (Å²) in [5, 5.41) is 7.07. The fourth-order valence-electron chi connectivity index (χ4n) is 1.56. The molecule has 4 nitrogen and oxygen atoms in total. The Balaban J connectivity index is 1.92. The van der Waals surface area contributed by atoms with Crippen LogP contribution in [0.3, 0.4) is 0 Å². The number of hydrogen-bond donors (Lipinski definition) is 2. The van der Waals surface area contributed by atoms with Gasteiger partial charge in [-0.3, -0.25) is 9.59 Å². The Hall–Kier alpha value is -1.66. The SMILES string of the molecule is Cc1ccc(NC(=O)C(=O)NCc2cccs2)c(Br)c1. The molecular formula is C14H13BrN2O2S. The Kier molecular flexibility index (Phi) is 4.92. The summed E-state index contributed by atoms with van der Waals surface area (Å²) in [5.41, 5.74) is 1.64. The van der Waals surface area contributed by atoms with E-state index in [1.165, 1.54) is 11.3 Å². The zero-order valence-electron chi connectivity index (χ0n) is 10.8. The summed E-state index contributed by atoms with van der Waals surface area (Å²) in [5.74, 6) is -1.32. The van der Waals surface area contributed by atoms with Gasteiger partial charge in [0, 0.05) is 9.35 Å². The predicted molar refractivity (Wildman–Crippen MR) is 83.7 cm³/mol. The lowest BCUT2D eigenvalue weighted by Crippen LogP contribution is -2.34. The van der Waals surface area contributed by atoms with Gasteiger partial charge in [-0.05, 0) is 52.0 Å². The standard InChI is InChI=1S/C14H13BrN2O2S/c1-9-4-5-12(11(15)7-9)17-14(19)13(18)16-8-10-3-2-6-20-10/h2-7H,8H2,1H3,(H,16,18)(H,17,19). The number of rotatable bonds is 3. The maximum atomic E-state index is 11.8. The first kappa shape index (κ1) is 14.7. The van der Waals surface area contributed by atoms with Crippen LogP contribution >= 0.6 is 27.3 Å². The van der Waals surface area contributed by atoms with Gasteiger partial charge in [0.1, 0.15) is 0 Å². The number of halogens is 1. The fourth-order valence-corrected chi connectivity index (χ4v) is 2.80. The van der Waals surface area contributed by atoms with E-state index in [4.69, 9.17) is 0 Å². The van der Waals surface area contributed by atoms with Crippen molar-refractivity contribution < 1.29 is 9.59 Å². The number of anilines is 1. The number of carbonyl (C=O) groups is 2. The van der Waals surface area contributed by atoms with Crippen molar-refractivity contribution in [3.8, 4) is 0 Å². The second kappa shape index (κ2) is 6.67. The summed E-state index contributed by atoms with van der Waals surface area (Å²) in [6, 6.07) is 9.29. The van der Waals surface area contributed by atoms with E-state index in [2.05, 4.69) is 26.6 Å². The minimum Gasteiger partial charge on any atom is -0.343 e. The molecule has 2 amide bonds. The molecule has 0 unspecified atom stereocenters. The largest absolute Gasteiger partial charge is 0.343 e. The number of nitrogens with one attached hydrogen (secondary N) is 2. The summed E-state index contributed by atoms with van der Waals surface area (Å²) >= 11 is 4.88. The maximum absolute atomic E-state index is 11.8. The smallest absolute Gasteiger partial charge is 0.313 e. The van der Waals surface area contributed by atoms with Crippen LogP contribution in [0.1, 0.15) is 10.4 Å². The monoisotopic (exact) mass is 352 g/mol. The third-order valence-electron chi connectivity index (χ3n) is 2.58. The summed E-state index contributed by atoms with van der Waals surface area (Å²) in [4.78, 5) is 24.5. The van der Waals surface area contributed by atoms with E-state index in [0.29, 0.717) is 12.2 Å². The van der Waals surface area contributed by atoms with Crippen molar-refractivity contribution in [2.24, 2.45) is 0 Å². The van der Waals surface area contributed by atoms with Gasteiger partial charge in [-0.1, -0.05) is 12.1 Å². The Bertz CT molecular complexity index is 626. The van der Waals surface area contributed by atoms with Gasteiger partial charge in [0.2, 0.25) is 0 Å². The van der Waals surface area contributed by atoms with Crippen LogP contribution in [-0.2, 0) is 16.1 Å². The van der Waals surface area contributed by atoms with Crippen LogP contribution in [-0.4, -0.2) is 11.8 Å². The Labute approximate surface area is 129 Å². The first-order valence-electron chi connectivity index (χ1n) is 5.94. The van der Waals surface area contributed by atoms with Crippen LogP contribution in [0, 0.1) is 6.92 Å². The molecule has 0 atom stereocenters. The molecular weight excluding hydrogens is 340 g/mol. The lowest BCUT2D eigenvalue weighted by Gasteiger charge is -2.08. The molecule has 20 heavy (non-hydrogen) atoms. The van der Waals surface area contributed by atoms with E-state index in [9.17, 15) is 9.59 Å². The number of hydrogen-bond acceptors (Lipinski definition) is 3. The summed E-state index contributed by atoms with van der Waals surface area (Å²) in [6.07, 6.45) is 0. The molecule has 1 aromatic heterocycles. The highest BCUT2D eigenvalue weighted by Crippen LogP contribution is 2.23. The quantitative estimate of drug-likeness (QED) is 0.834. The molecule has 0 aliphatic rings. The van der Waals surface area contributed by atoms with E-state index in [0.717, 1.165) is 14.9 Å². The fraction of sp³-hybridized carbons (Fsp3) is 0.143. The second-order valence-corrected chi connectivity index (χ2v) is 6.09. The molecule has 0 fully saturated rings. The van der Waals surface area contributed by atoms with Gasteiger partial charge < -0.3 is 10.6 Å². The molecule has 2 aromatic rings. The lowest BCUT2D eigenvalue weighted by molar-refractivity contribution is -0.136. The molecule has 0 saturated carbocycles. The van der Waals surface area contributed by atoms with Crippen LogP contribution in [0.4, 0.5) is 5.69 Å². The van der Waals surface area contributed by atoms with Gasteiger partial charge in [-0.2, -0.15) is 0 Å². The topological polar surface area (TPSA) is 58.2 Å². The number of aryl methyl sites for hydroxylation is 1. The van der Waals surface area contributed by atoms with Crippen molar-refractivity contribution in [2.75, 3.05) is 5.32 Å². The van der Waals surface area contributed by atoms with Crippen LogP contribution in [0.15, 0.2) is 40.2 Å². The number of amides is 2. The minimum atomic E-state index is -0.675. The molecule has 0 radical (unpaired) electrons. The van der Waals surface area contributed by atoms with Gasteiger partial charge in [0.25, 0.3) is 0 Å². The highest BCUT2D eigenvalue weighted by atomic mass is 79.9. The normalized spacial score (nSPS) is 10.1. The molecule has 1 aromatic carbocycles. The van der Waals surface area contributed by atoms with Crippen molar-refractivity contribution in [3.05, 3.63) is 50.6 Å². The molecule has 0 aliphatic carbocycles. The predicted octanol–water partition coefficient (Wildman–Crippen LogP) is 3.07. The Morgan fingerprint density at radius 3 is 2.70 bits per heavy atom. The number of carbonyl (C=O) groups excluding carboxylic acids is 2. The van der Waals surface area contributed by atoms with Crippen molar-refractivity contribution >= 4 is 44.8 Å². The third-order valence-corrected chi connectivity index (χ3v) is 4.11. The van der Waals surface area contributed by atoms with Gasteiger partial charge in [-0.15, -0.1) is 11.3 Å². The zero-order valence-corrected chi connectivity index (χ0v) is 13.2. The van der Waals surface area contributed by atoms with Crippen LogP contribution in [0.2, 0.25) is 0 Å². The van der Waals surface area contributed by atoms with Crippen LogP contribution in [0.25, 0.3) is 0 Å². The highest BCUT2D eigenvalue weighted by Gasteiger charge is 2.14. The molecule has 0 saturated heterocycles. The number of benzene rings is 1. The first-order valence-corrected chi connectivity index (χ1v) is 7.61. The van der Waals surface area contributed by atoms with E-state index >= 15 is 0 Å². The molecule has 2 rings (SSSR count). The Morgan fingerprint density at radius 2 is 2.05 bits per heavy atom. The van der Waals surface area contributed by atoms with Crippen molar-refractivity contribution in [2.45, 2.75) is 13.5 Å². The summed E-state index contributed by atoms with van der Waals surface area (Å²) < 4.78 is 0.747. The van der Waals surface area contributed by atoms with E-state index in [-0.39, 0.29) is 0 Å². The van der Waals surface area contributed by atoms with E-state index in [1.54, 1.807) is 6.07 Å². The zero-order chi connectivity index (χ0) is 14.5. The second-order valence-electron chi connectivity index (χ2n) is 4.20. The van der Waals surface area contributed by atoms with E-state index < -0.39 is 11.8 Å². The third kappa shape index (κ3) is 3.91. The summed E-state index contributed by atoms with van der Waals surface area (Å²) in [6.45, 7) is 2.31. The molecule has 0 aliphatic heterocycles. The molecule has 0 bridgehead atoms. The Morgan fingerprint density at radius 1 is 1.25 bits per heavy atom. The van der Waals surface area contributed by atoms with E-state index in [1.807, 2.05) is 36.6 Å². The minimum absolute atomic E-state index is 0.360. The van der Waals surface area contributed by atoms with Crippen LogP contribution in [0.5, 0.6) is 0 Å². The van der Waals surface area contributed by atoms with Crippen molar-refractivity contribution in [1.82, 2.24) is 5.32 Å². The van der Waals surface area contributed by atoms with Gasteiger partial charge >= 0.3 is 11.8 Å². The summed E-state index contributed by atoms with van der Waals surface area (Å²) in [7, 11) is 0. The first-order chi connectivity index (χ1) is 9.56. The molecule has 0 spiro atoms. The highest BCUT2D eigenvalue weighted by molar-refractivity contribution is 9.10. The maximum Gasteiger partial charge on any atom is 0.313 e. The molecule has 2 N–H and O–H groups in total. The lowest BCUT2D eigenvalue weighted by atomic mass is 10.2. The molecule has 104 valence electrons. The average molecular weight is 353 g/mol. The molecule has 6 heteroatoms. The van der Waals surface area contributed by atoms with Crippen molar-refractivity contribution in [3.63, 3.8) is 0 Å². The van der Waals surface area contributed by atoms with Crippen molar-refractivity contribution in [1.29, 1.82) is 0 Å². The van der Waals surface area contributed by atoms with Gasteiger partial charge in [0.15, 0.2) is 0 Å². The average Bonchev–Trinajstić information content (AvgIpc) is 2.92. The van der Waals surface area contributed by atoms with Gasteiger partial charge in [0.05, 0.1) is 12.2 Å². The number of thiophene rings is 1. The van der Waals surface area contributed by atoms with Crippen LogP contribution < -0.4 is 10.6 Å². The van der Waals surface area contributed by atoms with Gasteiger partial charge in [-0.25, -0.2) is 0 Å². The molecule has 1 heterocycles.